The van der Waals surface area contributed by atoms with Gasteiger partial charge in [-0.05, 0) is 55.3 Å². The molecule has 0 aliphatic carbocycles. The van der Waals surface area contributed by atoms with Crippen LogP contribution in [0.3, 0.4) is 0 Å². The molecule has 0 saturated carbocycles. The van der Waals surface area contributed by atoms with E-state index < -0.39 is 0 Å². The van der Waals surface area contributed by atoms with Crippen molar-refractivity contribution in [3.05, 3.63) is 70.8 Å². The molecule has 0 amide bonds. The molecule has 1 atom stereocenters. The maximum absolute atomic E-state index is 13.3. The lowest BCUT2D eigenvalue weighted by molar-refractivity contribution is 0.581. The van der Waals surface area contributed by atoms with Crippen molar-refractivity contribution >= 4 is 0 Å². The van der Waals surface area contributed by atoms with E-state index >= 15 is 0 Å². The van der Waals surface area contributed by atoms with Crippen molar-refractivity contribution in [2.75, 3.05) is 7.05 Å². The Kier molecular flexibility index (Phi) is 4.27. The van der Waals surface area contributed by atoms with Crippen LogP contribution in [0.4, 0.5) is 8.78 Å². The second-order valence-corrected chi connectivity index (χ2v) is 4.68. The fourth-order valence-electron chi connectivity index (χ4n) is 2.13. The van der Waals surface area contributed by atoms with E-state index in [0.717, 1.165) is 17.5 Å². The Labute approximate surface area is 112 Å². The van der Waals surface area contributed by atoms with Gasteiger partial charge in [0, 0.05) is 6.04 Å². The summed E-state index contributed by atoms with van der Waals surface area (Å²) in [5, 5.41) is 3.21. The van der Waals surface area contributed by atoms with Crippen LogP contribution in [0.2, 0.25) is 0 Å². The second kappa shape index (κ2) is 5.93. The monoisotopic (exact) mass is 261 g/mol. The summed E-state index contributed by atoms with van der Waals surface area (Å²) < 4.78 is 26.1. The molecule has 2 aromatic carbocycles. The molecule has 0 aliphatic rings. The maximum atomic E-state index is 13.3. The summed E-state index contributed by atoms with van der Waals surface area (Å²) in [7, 11) is 1.87. The molecular formula is C16H17F2N. The van der Waals surface area contributed by atoms with E-state index in [1.807, 2.05) is 13.1 Å². The van der Waals surface area contributed by atoms with E-state index in [2.05, 4.69) is 5.32 Å². The Morgan fingerprint density at radius 1 is 1.05 bits per heavy atom. The summed E-state index contributed by atoms with van der Waals surface area (Å²) >= 11 is 0. The minimum absolute atomic E-state index is 0.0877. The van der Waals surface area contributed by atoms with E-state index in [1.54, 1.807) is 25.1 Å². The van der Waals surface area contributed by atoms with E-state index in [9.17, 15) is 8.78 Å². The van der Waals surface area contributed by atoms with Crippen molar-refractivity contribution in [1.29, 1.82) is 0 Å². The topological polar surface area (TPSA) is 12.0 Å². The zero-order valence-electron chi connectivity index (χ0n) is 11.1. The number of benzene rings is 2. The van der Waals surface area contributed by atoms with Gasteiger partial charge in [0.15, 0.2) is 0 Å². The van der Waals surface area contributed by atoms with Crippen LogP contribution in [-0.2, 0) is 6.42 Å². The van der Waals surface area contributed by atoms with Gasteiger partial charge in [-0.25, -0.2) is 8.78 Å². The van der Waals surface area contributed by atoms with Gasteiger partial charge in [-0.3, -0.25) is 0 Å². The molecule has 0 aromatic heterocycles. The third-order valence-electron chi connectivity index (χ3n) is 3.29. The molecule has 1 N–H and O–H groups in total. The SMILES string of the molecule is CNC(Cc1ccc(F)cc1)c1ccc(F)c(C)c1. The van der Waals surface area contributed by atoms with E-state index in [4.69, 9.17) is 0 Å². The molecule has 3 heteroatoms. The van der Waals surface area contributed by atoms with Gasteiger partial charge in [-0.15, -0.1) is 0 Å². The van der Waals surface area contributed by atoms with Crippen molar-refractivity contribution in [1.82, 2.24) is 5.32 Å². The smallest absolute Gasteiger partial charge is 0.126 e. The average molecular weight is 261 g/mol. The van der Waals surface area contributed by atoms with Gasteiger partial charge in [0.05, 0.1) is 0 Å². The third kappa shape index (κ3) is 3.38. The minimum atomic E-state index is -0.234. The molecule has 2 aromatic rings. The average Bonchev–Trinajstić information content (AvgIpc) is 2.41. The molecule has 0 radical (unpaired) electrons. The van der Waals surface area contributed by atoms with Crippen LogP contribution in [0.5, 0.6) is 0 Å². The van der Waals surface area contributed by atoms with Crippen LogP contribution in [0.1, 0.15) is 22.7 Å². The molecule has 0 fully saturated rings. The fourth-order valence-corrected chi connectivity index (χ4v) is 2.13. The summed E-state index contributed by atoms with van der Waals surface area (Å²) in [6.45, 7) is 1.75. The number of aryl methyl sites for hydroxylation is 1. The van der Waals surface area contributed by atoms with Gasteiger partial charge >= 0.3 is 0 Å². The first-order valence-corrected chi connectivity index (χ1v) is 6.28. The van der Waals surface area contributed by atoms with Crippen LogP contribution in [0, 0.1) is 18.6 Å². The molecule has 2 rings (SSSR count). The Balaban J connectivity index is 2.19. The molecule has 0 bridgehead atoms. The lowest BCUT2D eigenvalue weighted by Gasteiger charge is -2.17. The van der Waals surface area contributed by atoms with Gasteiger partial charge < -0.3 is 5.32 Å². The van der Waals surface area contributed by atoms with Gasteiger partial charge in [-0.1, -0.05) is 24.3 Å². The van der Waals surface area contributed by atoms with Crippen LogP contribution in [0.25, 0.3) is 0 Å². The van der Waals surface area contributed by atoms with Crippen molar-refractivity contribution in [3.8, 4) is 0 Å². The van der Waals surface area contributed by atoms with Crippen molar-refractivity contribution < 1.29 is 8.78 Å². The highest BCUT2D eigenvalue weighted by atomic mass is 19.1. The van der Waals surface area contributed by atoms with Gasteiger partial charge in [0.25, 0.3) is 0 Å². The number of likely N-dealkylation sites (N-methyl/N-ethyl adjacent to an activating group) is 1. The Morgan fingerprint density at radius 2 is 1.74 bits per heavy atom. The highest BCUT2D eigenvalue weighted by molar-refractivity contribution is 5.28. The Hall–Kier alpha value is -1.74. The molecule has 0 saturated heterocycles. The Morgan fingerprint density at radius 3 is 2.32 bits per heavy atom. The molecule has 0 aliphatic heterocycles. The summed E-state index contributed by atoms with van der Waals surface area (Å²) in [5.41, 5.74) is 2.71. The number of halogens is 2. The number of rotatable bonds is 4. The standard InChI is InChI=1S/C16H17F2N/c1-11-9-13(5-8-15(11)18)16(19-2)10-12-3-6-14(17)7-4-12/h3-9,16,19H,10H2,1-2H3. The Bertz CT molecular complexity index is 549. The van der Waals surface area contributed by atoms with Crippen LogP contribution >= 0.6 is 0 Å². The molecule has 1 unspecified atom stereocenters. The third-order valence-corrected chi connectivity index (χ3v) is 3.29. The molecule has 19 heavy (non-hydrogen) atoms. The fraction of sp³-hybridized carbons (Fsp3) is 0.250. The molecular weight excluding hydrogens is 244 g/mol. The van der Waals surface area contributed by atoms with Gasteiger partial charge in [0.1, 0.15) is 11.6 Å². The molecule has 0 spiro atoms. The van der Waals surface area contributed by atoms with Gasteiger partial charge in [-0.2, -0.15) is 0 Å². The number of hydrogen-bond acceptors (Lipinski definition) is 1. The predicted molar refractivity (Wildman–Crippen MR) is 73.0 cm³/mol. The maximum Gasteiger partial charge on any atom is 0.126 e. The predicted octanol–water partition coefficient (Wildman–Crippen LogP) is 3.78. The van der Waals surface area contributed by atoms with Gasteiger partial charge in [0.2, 0.25) is 0 Å². The van der Waals surface area contributed by atoms with E-state index in [-0.39, 0.29) is 17.7 Å². The zero-order valence-corrected chi connectivity index (χ0v) is 11.1. The zero-order chi connectivity index (χ0) is 13.8. The minimum Gasteiger partial charge on any atom is -0.313 e. The molecule has 1 nitrogen and oxygen atoms in total. The van der Waals surface area contributed by atoms with Crippen LogP contribution < -0.4 is 5.32 Å². The van der Waals surface area contributed by atoms with Crippen LogP contribution in [-0.4, -0.2) is 7.05 Å². The number of hydrogen-bond donors (Lipinski definition) is 1. The lowest BCUT2D eigenvalue weighted by Crippen LogP contribution is -2.19. The van der Waals surface area contributed by atoms with Crippen molar-refractivity contribution in [2.45, 2.75) is 19.4 Å². The molecule has 100 valence electrons. The van der Waals surface area contributed by atoms with E-state index in [0.29, 0.717) is 5.56 Å². The van der Waals surface area contributed by atoms with Crippen molar-refractivity contribution in [2.24, 2.45) is 0 Å². The first-order valence-electron chi connectivity index (χ1n) is 6.28. The second-order valence-electron chi connectivity index (χ2n) is 4.68. The first-order chi connectivity index (χ1) is 9.10. The lowest BCUT2D eigenvalue weighted by atomic mass is 9.97. The molecule has 0 heterocycles. The van der Waals surface area contributed by atoms with Crippen LogP contribution in [0.15, 0.2) is 42.5 Å². The summed E-state index contributed by atoms with van der Waals surface area (Å²) in [4.78, 5) is 0. The highest BCUT2D eigenvalue weighted by Gasteiger charge is 2.11. The first kappa shape index (κ1) is 13.7. The quantitative estimate of drug-likeness (QED) is 0.883. The summed E-state index contributed by atoms with van der Waals surface area (Å²) in [5.74, 6) is -0.428. The largest absolute Gasteiger partial charge is 0.313 e. The highest BCUT2D eigenvalue weighted by Crippen LogP contribution is 2.20. The summed E-state index contributed by atoms with van der Waals surface area (Å²) in [6.07, 6.45) is 0.738. The normalized spacial score (nSPS) is 12.4. The number of nitrogens with one attached hydrogen (secondary N) is 1. The summed E-state index contributed by atoms with van der Waals surface area (Å²) in [6, 6.07) is 11.7. The van der Waals surface area contributed by atoms with Crippen molar-refractivity contribution in [3.63, 3.8) is 0 Å². The van der Waals surface area contributed by atoms with E-state index in [1.165, 1.54) is 18.2 Å².